The van der Waals surface area contributed by atoms with Crippen LogP contribution in [0.3, 0.4) is 0 Å². The molecule has 1 aromatic rings. The average molecular weight is 360 g/mol. The Labute approximate surface area is 157 Å². The molecule has 0 saturated carbocycles. The zero-order valence-electron chi connectivity index (χ0n) is 16.3. The van der Waals surface area contributed by atoms with Crippen molar-refractivity contribution in [2.45, 2.75) is 82.8 Å². The second-order valence-corrected chi connectivity index (χ2v) is 7.92. The maximum Gasteiger partial charge on any atom is 0.163 e. The Morgan fingerprint density at radius 1 is 1.27 bits per heavy atom. The number of benzene rings is 1. The zero-order chi connectivity index (χ0) is 18.6. The first-order valence-corrected chi connectivity index (χ1v) is 9.71. The fourth-order valence-electron chi connectivity index (χ4n) is 3.94. The van der Waals surface area contributed by atoms with Crippen LogP contribution in [0.1, 0.15) is 52.0 Å². The van der Waals surface area contributed by atoms with Crippen LogP contribution in [0.15, 0.2) is 43.0 Å². The second kappa shape index (κ2) is 8.22. The summed E-state index contributed by atoms with van der Waals surface area (Å²) < 4.78 is 24.7. The summed E-state index contributed by atoms with van der Waals surface area (Å²) in [5.74, 6) is -0.532. The Bertz CT molecular complexity index is 585. The van der Waals surface area contributed by atoms with Crippen LogP contribution in [0.4, 0.5) is 0 Å². The van der Waals surface area contributed by atoms with Crippen molar-refractivity contribution in [2.75, 3.05) is 6.61 Å². The molecule has 0 amide bonds. The van der Waals surface area contributed by atoms with Crippen LogP contribution in [0.25, 0.3) is 0 Å². The van der Waals surface area contributed by atoms with E-state index in [-0.39, 0.29) is 23.9 Å². The molecule has 0 N–H and O–H groups in total. The van der Waals surface area contributed by atoms with E-state index >= 15 is 0 Å². The van der Waals surface area contributed by atoms with Gasteiger partial charge in [0.2, 0.25) is 0 Å². The lowest BCUT2D eigenvalue weighted by molar-refractivity contribution is -0.172. The Hall–Kier alpha value is -1.20. The largest absolute Gasteiger partial charge is 0.372 e. The predicted molar refractivity (Wildman–Crippen MR) is 102 cm³/mol. The van der Waals surface area contributed by atoms with E-state index < -0.39 is 5.79 Å². The number of rotatable bonds is 8. The molecule has 0 aliphatic carbocycles. The van der Waals surface area contributed by atoms with Crippen LogP contribution in [0, 0.1) is 0 Å². The summed E-state index contributed by atoms with van der Waals surface area (Å²) in [7, 11) is 0. The third-order valence-electron chi connectivity index (χ3n) is 5.38. The highest BCUT2D eigenvalue weighted by Crippen LogP contribution is 2.40. The minimum atomic E-state index is -0.532. The van der Waals surface area contributed by atoms with Gasteiger partial charge in [-0.3, -0.25) is 0 Å². The van der Waals surface area contributed by atoms with Gasteiger partial charge in [0.1, 0.15) is 0 Å². The fourth-order valence-corrected chi connectivity index (χ4v) is 3.94. The van der Waals surface area contributed by atoms with Gasteiger partial charge in [-0.1, -0.05) is 43.3 Å². The molecule has 2 saturated heterocycles. The molecule has 2 aliphatic heterocycles. The maximum absolute atomic E-state index is 6.33. The summed E-state index contributed by atoms with van der Waals surface area (Å²) in [4.78, 5) is 0. The zero-order valence-corrected chi connectivity index (χ0v) is 16.3. The van der Waals surface area contributed by atoms with Crippen molar-refractivity contribution in [3.8, 4) is 0 Å². The number of hydrogen-bond acceptors (Lipinski definition) is 4. The number of ether oxygens (including phenoxy) is 4. The van der Waals surface area contributed by atoms with Gasteiger partial charge in [0.05, 0.1) is 37.1 Å². The van der Waals surface area contributed by atoms with Gasteiger partial charge in [-0.15, -0.1) is 6.58 Å². The van der Waals surface area contributed by atoms with Gasteiger partial charge in [-0.25, -0.2) is 0 Å². The van der Waals surface area contributed by atoms with E-state index in [9.17, 15) is 0 Å². The molecule has 4 atom stereocenters. The van der Waals surface area contributed by atoms with Crippen molar-refractivity contribution in [2.24, 2.45) is 0 Å². The molecule has 26 heavy (non-hydrogen) atoms. The molecule has 4 heteroatoms. The van der Waals surface area contributed by atoms with Crippen molar-refractivity contribution >= 4 is 0 Å². The molecule has 2 heterocycles. The molecule has 144 valence electrons. The van der Waals surface area contributed by atoms with E-state index in [2.05, 4.69) is 25.6 Å². The van der Waals surface area contributed by atoms with Gasteiger partial charge >= 0.3 is 0 Å². The van der Waals surface area contributed by atoms with E-state index in [1.165, 1.54) is 5.56 Å². The Morgan fingerprint density at radius 3 is 2.65 bits per heavy atom. The van der Waals surface area contributed by atoms with Gasteiger partial charge in [0, 0.05) is 12.8 Å². The first-order chi connectivity index (χ1) is 12.5. The molecule has 2 aliphatic rings. The third-order valence-corrected chi connectivity index (χ3v) is 5.38. The molecular weight excluding hydrogens is 328 g/mol. The summed E-state index contributed by atoms with van der Waals surface area (Å²) in [6.45, 7) is 11.2. The highest BCUT2D eigenvalue weighted by Gasteiger charge is 2.48. The quantitative estimate of drug-likeness (QED) is 0.634. The molecule has 1 aromatic carbocycles. The first kappa shape index (κ1) is 19.6. The average Bonchev–Trinajstić information content (AvgIpc) is 3.15. The molecule has 2 fully saturated rings. The SMILES string of the molecule is C=CC[C@H]1C[C@@H](OCc2ccccc2)[C@@H](C[C@]2(CC)COC(C)(C)O2)O1. The van der Waals surface area contributed by atoms with Crippen LogP contribution in [0.2, 0.25) is 0 Å². The second-order valence-electron chi connectivity index (χ2n) is 7.92. The smallest absolute Gasteiger partial charge is 0.163 e. The van der Waals surface area contributed by atoms with Crippen LogP contribution in [-0.4, -0.2) is 36.3 Å². The van der Waals surface area contributed by atoms with Crippen molar-refractivity contribution in [1.82, 2.24) is 0 Å². The summed E-state index contributed by atoms with van der Waals surface area (Å²) in [5, 5.41) is 0. The summed E-state index contributed by atoms with van der Waals surface area (Å²) in [5.41, 5.74) is 0.885. The summed E-state index contributed by atoms with van der Waals surface area (Å²) >= 11 is 0. The minimum absolute atomic E-state index is 0.0149. The Kier molecular flexibility index (Phi) is 6.18. The highest BCUT2D eigenvalue weighted by molar-refractivity contribution is 5.13. The predicted octanol–water partition coefficient (Wildman–Crippen LogP) is 4.63. The lowest BCUT2D eigenvalue weighted by atomic mass is 9.91. The van der Waals surface area contributed by atoms with Gasteiger partial charge in [0.25, 0.3) is 0 Å². The molecule has 0 aromatic heterocycles. The van der Waals surface area contributed by atoms with Gasteiger partial charge in [-0.05, 0) is 32.3 Å². The van der Waals surface area contributed by atoms with Gasteiger partial charge < -0.3 is 18.9 Å². The van der Waals surface area contributed by atoms with Crippen LogP contribution < -0.4 is 0 Å². The lowest BCUT2D eigenvalue weighted by Crippen LogP contribution is -2.40. The Balaban J connectivity index is 1.66. The van der Waals surface area contributed by atoms with Crippen molar-refractivity contribution in [3.63, 3.8) is 0 Å². The van der Waals surface area contributed by atoms with Crippen molar-refractivity contribution < 1.29 is 18.9 Å². The minimum Gasteiger partial charge on any atom is -0.372 e. The summed E-state index contributed by atoms with van der Waals surface area (Å²) in [6.07, 6.45) is 5.61. The van der Waals surface area contributed by atoms with Crippen LogP contribution in [0.5, 0.6) is 0 Å². The van der Waals surface area contributed by atoms with Crippen molar-refractivity contribution in [1.29, 1.82) is 0 Å². The highest BCUT2D eigenvalue weighted by atomic mass is 16.8. The van der Waals surface area contributed by atoms with E-state index in [1.807, 2.05) is 38.1 Å². The van der Waals surface area contributed by atoms with E-state index in [4.69, 9.17) is 18.9 Å². The topological polar surface area (TPSA) is 36.9 Å². The first-order valence-electron chi connectivity index (χ1n) is 9.71. The molecular formula is C22H32O4. The summed E-state index contributed by atoms with van der Waals surface area (Å²) in [6, 6.07) is 10.3. The molecule has 0 spiro atoms. The van der Waals surface area contributed by atoms with Crippen molar-refractivity contribution in [3.05, 3.63) is 48.6 Å². The number of hydrogen-bond donors (Lipinski definition) is 0. The lowest BCUT2D eigenvalue weighted by Gasteiger charge is -2.32. The van der Waals surface area contributed by atoms with Crippen LogP contribution >= 0.6 is 0 Å². The van der Waals surface area contributed by atoms with E-state index in [0.29, 0.717) is 13.2 Å². The van der Waals surface area contributed by atoms with Crippen LogP contribution in [-0.2, 0) is 25.6 Å². The maximum atomic E-state index is 6.33. The monoisotopic (exact) mass is 360 g/mol. The van der Waals surface area contributed by atoms with E-state index in [1.54, 1.807) is 0 Å². The molecule has 0 unspecified atom stereocenters. The van der Waals surface area contributed by atoms with Gasteiger partial charge in [0.15, 0.2) is 5.79 Å². The molecule has 3 rings (SSSR count). The fraction of sp³-hybridized carbons (Fsp3) is 0.636. The standard InChI is InChI=1S/C22H32O4/c1-5-10-18-13-19(23-15-17-11-8-7-9-12-17)20(25-18)14-22(6-2)16-24-21(3,4)26-22/h5,7-9,11-12,18-20H,1,6,10,13-16H2,2-4H3/t18-,19+,20+,22+/m0/s1. The normalized spacial score (nSPS) is 33.4. The molecule has 0 bridgehead atoms. The molecule has 4 nitrogen and oxygen atoms in total. The Morgan fingerprint density at radius 2 is 2.04 bits per heavy atom. The third kappa shape index (κ3) is 4.74. The van der Waals surface area contributed by atoms with Gasteiger partial charge in [-0.2, -0.15) is 0 Å². The van der Waals surface area contributed by atoms with E-state index in [0.717, 1.165) is 25.7 Å². The molecule has 0 radical (unpaired) electrons.